The second kappa shape index (κ2) is 6.67. The van der Waals surface area contributed by atoms with Gasteiger partial charge in [-0.2, -0.15) is 5.10 Å². The molecular formula is C16H11ClIN3O2. The summed E-state index contributed by atoms with van der Waals surface area (Å²) in [5, 5.41) is 7.79. The Morgan fingerprint density at radius 1 is 1.26 bits per heavy atom. The highest BCUT2D eigenvalue weighted by atomic mass is 127. The van der Waals surface area contributed by atoms with Gasteiger partial charge < -0.3 is 5.32 Å². The molecule has 0 atom stereocenters. The van der Waals surface area contributed by atoms with Gasteiger partial charge in [0.2, 0.25) is 11.3 Å². The first kappa shape index (κ1) is 15.9. The van der Waals surface area contributed by atoms with Crippen LogP contribution in [0.1, 0.15) is 0 Å². The summed E-state index contributed by atoms with van der Waals surface area (Å²) in [6, 6.07) is 12.4. The lowest BCUT2D eigenvalue weighted by Gasteiger charge is -2.10. The van der Waals surface area contributed by atoms with Crippen molar-refractivity contribution < 1.29 is 4.79 Å². The van der Waals surface area contributed by atoms with E-state index in [-0.39, 0.29) is 17.9 Å². The summed E-state index contributed by atoms with van der Waals surface area (Å²) in [4.78, 5) is 24.0. The van der Waals surface area contributed by atoms with Crippen LogP contribution in [0.25, 0.3) is 10.9 Å². The number of hydrogen-bond donors (Lipinski definition) is 1. The van der Waals surface area contributed by atoms with Crippen molar-refractivity contribution in [3.63, 3.8) is 0 Å². The Bertz CT molecular complexity index is 955. The van der Waals surface area contributed by atoms with E-state index < -0.39 is 0 Å². The van der Waals surface area contributed by atoms with Gasteiger partial charge in [0.25, 0.3) is 0 Å². The number of rotatable bonds is 3. The second-order valence-corrected chi connectivity index (χ2v) is 6.51. The van der Waals surface area contributed by atoms with E-state index in [0.717, 1.165) is 3.57 Å². The number of carbonyl (C=O) groups excluding carboxylic acids is 1. The van der Waals surface area contributed by atoms with Gasteiger partial charge >= 0.3 is 0 Å². The summed E-state index contributed by atoms with van der Waals surface area (Å²) in [5.74, 6) is -0.269. The van der Waals surface area contributed by atoms with E-state index in [4.69, 9.17) is 11.6 Å². The van der Waals surface area contributed by atoms with Gasteiger partial charge in [-0.25, -0.2) is 0 Å². The summed E-state index contributed by atoms with van der Waals surface area (Å²) in [5.41, 5.74) is 0.990. The van der Waals surface area contributed by atoms with E-state index in [2.05, 4.69) is 33.0 Å². The Hall–Kier alpha value is -1.93. The minimum absolute atomic E-state index is 0.0108. The summed E-state index contributed by atoms with van der Waals surface area (Å²) >= 11 is 8.26. The molecular weight excluding hydrogens is 429 g/mol. The zero-order chi connectivity index (χ0) is 16.4. The number of carbonyl (C=O) groups is 1. The average Bonchev–Trinajstić information content (AvgIpc) is 2.53. The first-order valence-electron chi connectivity index (χ1n) is 6.74. The normalized spacial score (nSPS) is 10.7. The van der Waals surface area contributed by atoms with Crippen molar-refractivity contribution in [1.29, 1.82) is 0 Å². The summed E-state index contributed by atoms with van der Waals surface area (Å²) in [7, 11) is 0. The molecule has 2 aromatic carbocycles. The van der Waals surface area contributed by atoms with Crippen molar-refractivity contribution in [1.82, 2.24) is 9.78 Å². The largest absolute Gasteiger partial charge is 0.323 e. The topological polar surface area (TPSA) is 64.0 Å². The number of nitrogens with zero attached hydrogens (tertiary/aromatic N) is 2. The van der Waals surface area contributed by atoms with Gasteiger partial charge in [0.1, 0.15) is 6.54 Å². The van der Waals surface area contributed by atoms with Crippen LogP contribution in [0.5, 0.6) is 0 Å². The van der Waals surface area contributed by atoms with Gasteiger partial charge in [-0.15, -0.1) is 0 Å². The molecule has 1 N–H and O–H groups in total. The Morgan fingerprint density at radius 2 is 2.04 bits per heavy atom. The van der Waals surface area contributed by atoms with Gasteiger partial charge in [-0.05, 0) is 52.9 Å². The Morgan fingerprint density at radius 3 is 2.83 bits per heavy atom. The van der Waals surface area contributed by atoms with Crippen LogP contribution in [0.4, 0.5) is 5.69 Å². The van der Waals surface area contributed by atoms with Crippen molar-refractivity contribution in [2.75, 3.05) is 5.32 Å². The van der Waals surface area contributed by atoms with Gasteiger partial charge in [0.15, 0.2) is 0 Å². The maximum atomic E-state index is 12.2. The molecule has 0 aliphatic carbocycles. The zero-order valence-electron chi connectivity index (χ0n) is 11.8. The Kier molecular flexibility index (Phi) is 4.63. The lowest BCUT2D eigenvalue weighted by Crippen LogP contribution is -2.22. The van der Waals surface area contributed by atoms with Gasteiger partial charge in [-0.1, -0.05) is 23.7 Å². The third-order valence-electron chi connectivity index (χ3n) is 3.26. The summed E-state index contributed by atoms with van der Waals surface area (Å²) < 4.78 is 2.48. The summed E-state index contributed by atoms with van der Waals surface area (Å²) in [6.45, 7) is -0.0108. The van der Waals surface area contributed by atoms with Crippen LogP contribution in [-0.2, 0) is 11.3 Å². The minimum atomic E-state index is -0.269. The Balaban J connectivity index is 1.86. The van der Waals surface area contributed by atoms with Crippen molar-refractivity contribution >= 4 is 56.7 Å². The van der Waals surface area contributed by atoms with Crippen LogP contribution in [0.2, 0.25) is 5.02 Å². The number of fused-ring (bicyclic) bond motifs is 1. The van der Waals surface area contributed by atoms with E-state index >= 15 is 0 Å². The van der Waals surface area contributed by atoms with E-state index in [9.17, 15) is 9.59 Å². The lowest BCUT2D eigenvalue weighted by atomic mass is 10.2. The van der Waals surface area contributed by atoms with E-state index in [1.807, 2.05) is 6.07 Å². The van der Waals surface area contributed by atoms with Crippen molar-refractivity contribution in [3.8, 4) is 0 Å². The molecule has 0 radical (unpaired) electrons. The van der Waals surface area contributed by atoms with Crippen LogP contribution in [0.15, 0.2) is 53.5 Å². The molecule has 0 fully saturated rings. The van der Waals surface area contributed by atoms with E-state index in [1.165, 1.54) is 10.9 Å². The molecule has 1 amide bonds. The van der Waals surface area contributed by atoms with Crippen LogP contribution in [0.3, 0.4) is 0 Å². The number of benzene rings is 2. The molecule has 116 valence electrons. The maximum absolute atomic E-state index is 12.2. The quantitative estimate of drug-likeness (QED) is 0.637. The Labute approximate surface area is 150 Å². The van der Waals surface area contributed by atoms with Crippen molar-refractivity contribution in [2.45, 2.75) is 6.54 Å². The van der Waals surface area contributed by atoms with Gasteiger partial charge in [0, 0.05) is 8.96 Å². The minimum Gasteiger partial charge on any atom is -0.323 e. The average molecular weight is 440 g/mol. The highest BCUT2D eigenvalue weighted by Crippen LogP contribution is 2.23. The zero-order valence-corrected chi connectivity index (χ0v) is 14.7. The lowest BCUT2D eigenvalue weighted by molar-refractivity contribution is -0.116. The number of nitrogens with one attached hydrogen (secondary N) is 1. The predicted octanol–water partition coefficient (Wildman–Crippen LogP) is 3.29. The number of para-hydroxylation sites is 1. The fraction of sp³-hybridized carbons (Fsp3) is 0.0625. The van der Waals surface area contributed by atoms with Crippen LogP contribution in [-0.4, -0.2) is 15.7 Å². The predicted molar refractivity (Wildman–Crippen MR) is 98.8 cm³/mol. The smallest absolute Gasteiger partial charge is 0.246 e. The van der Waals surface area contributed by atoms with Crippen LogP contribution in [0, 0.1) is 3.57 Å². The number of anilines is 1. The molecule has 3 aromatic rings. The van der Waals surface area contributed by atoms with E-state index in [1.54, 1.807) is 36.4 Å². The molecule has 0 saturated carbocycles. The third kappa shape index (κ3) is 3.53. The molecule has 5 nitrogen and oxygen atoms in total. The van der Waals surface area contributed by atoms with E-state index in [0.29, 0.717) is 21.6 Å². The molecule has 1 heterocycles. The molecule has 0 aliphatic heterocycles. The molecule has 7 heteroatoms. The van der Waals surface area contributed by atoms with Crippen molar-refractivity contribution in [2.24, 2.45) is 0 Å². The molecule has 0 saturated heterocycles. The monoisotopic (exact) mass is 439 g/mol. The first-order valence-corrected chi connectivity index (χ1v) is 8.20. The number of hydrogen-bond acceptors (Lipinski definition) is 3. The van der Waals surface area contributed by atoms with Gasteiger partial charge in [0.05, 0.1) is 22.4 Å². The molecule has 0 spiro atoms. The third-order valence-corrected chi connectivity index (χ3v) is 4.24. The molecule has 0 aliphatic rings. The van der Waals surface area contributed by atoms with Crippen LogP contribution < -0.4 is 10.7 Å². The van der Waals surface area contributed by atoms with Gasteiger partial charge in [-0.3, -0.25) is 14.3 Å². The van der Waals surface area contributed by atoms with Crippen LogP contribution >= 0.6 is 34.2 Å². The number of aromatic nitrogens is 2. The summed E-state index contributed by atoms with van der Waals surface area (Å²) in [6.07, 6.45) is 1.22. The molecule has 0 bridgehead atoms. The molecule has 3 rings (SSSR count). The number of amides is 1. The SMILES string of the molecule is O=C(Cn1ncc(=O)c2ccccc21)Nc1ccc(I)cc1Cl. The van der Waals surface area contributed by atoms with Crippen molar-refractivity contribution in [3.05, 3.63) is 67.5 Å². The molecule has 23 heavy (non-hydrogen) atoms. The molecule has 0 unspecified atom stereocenters. The standard InChI is InChI=1S/C16H11ClIN3O2/c17-12-7-10(18)5-6-13(12)20-16(23)9-21-14-4-2-1-3-11(14)15(22)8-19-21/h1-8H,9H2,(H,20,23). The highest BCUT2D eigenvalue weighted by Gasteiger charge is 2.10. The first-order chi connectivity index (χ1) is 11.0. The maximum Gasteiger partial charge on any atom is 0.246 e. The number of halogens is 2. The fourth-order valence-corrected chi connectivity index (χ4v) is 3.11. The second-order valence-electron chi connectivity index (χ2n) is 4.86. The molecule has 1 aromatic heterocycles. The fourth-order valence-electron chi connectivity index (χ4n) is 2.20. The highest BCUT2D eigenvalue weighted by molar-refractivity contribution is 14.1.